The first kappa shape index (κ1) is 57.4. The molecule has 0 aromatic heterocycles. The largest absolute Gasteiger partial charge is 0.461 e. The maximum atomic E-state index is 12.7. The Hall–Kier alpha value is -1.62. The lowest BCUT2D eigenvalue weighted by atomic mass is 10.0. The predicted octanol–water partition coefficient (Wildman–Crippen LogP) is 16.9. The molecule has 0 aliphatic heterocycles. The van der Waals surface area contributed by atoms with Crippen molar-refractivity contribution < 1.29 is 23.5 Å². The van der Waals surface area contributed by atoms with Gasteiger partial charge in [-0.2, -0.15) is 0 Å². The number of carbonyl (C=O) groups is 2. The second kappa shape index (κ2) is 45.9. The van der Waals surface area contributed by atoms with Crippen LogP contribution in [0.25, 0.3) is 0 Å². The standard InChI is InChI=1S/C54H104NO4/c1-6-8-10-12-14-16-18-20-22-24-26-28-30-32-34-36-38-40-42-44-46-48-53(56)58-51-52(50-55(3,4)5)59-54(57)49-47-45-43-41-39-37-35-33-31-29-27-25-23-21-19-17-15-13-11-9-7-2/h20-23,52H,6-19,24-51H2,1-5H3/q+1/b22-20+,23-21-. The monoisotopic (exact) mass is 831 g/mol. The number of nitrogens with zero attached hydrogens (tertiary/aromatic N) is 1. The zero-order chi connectivity index (χ0) is 43.2. The summed E-state index contributed by atoms with van der Waals surface area (Å²) in [7, 11) is 6.24. The normalized spacial score (nSPS) is 12.6. The number of ether oxygens (including phenoxy) is 2. The van der Waals surface area contributed by atoms with Crippen LogP contribution in [0.1, 0.15) is 271 Å². The Morgan fingerprint density at radius 2 is 0.661 bits per heavy atom. The number of allylic oxidation sites excluding steroid dienone is 4. The number of esters is 2. The highest BCUT2D eigenvalue weighted by Crippen LogP contribution is 2.16. The number of likely N-dealkylation sites (N-methyl/N-ethyl adjacent to an activating group) is 1. The van der Waals surface area contributed by atoms with Gasteiger partial charge in [-0.1, -0.05) is 218 Å². The van der Waals surface area contributed by atoms with Crippen LogP contribution in [0.4, 0.5) is 0 Å². The van der Waals surface area contributed by atoms with E-state index in [1.165, 1.54) is 218 Å². The summed E-state index contributed by atoms with van der Waals surface area (Å²) in [5.74, 6) is -0.322. The van der Waals surface area contributed by atoms with Gasteiger partial charge in [0.2, 0.25) is 0 Å². The fourth-order valence-corrected chi connectivity index (χ4v) is 8.04. The van der Waals surface area contributed by atoms with E-state index >= 15 is 0 Å². The van der Waals surface area contributed by atoms with Crippen molar-refractivity contribution in [1.29, 1.82) is 0 Å². The molecule has 0 fully saturated rings. The van der Waals surface area contributed by atoms with Gasteiger partial charge in [-0.15, -0.1) is 0 Å². The first-order valence-corrected chi connectivity index (χ1v) is 26.2. The molecule has 0 saturated heterocycles. The molecule has 5 nitrogen and oxygen atoms in total. The average Bonchev–Trinajstić information content (AvgIpc) is 3.20. The third-order valence-electron chi connectivity index (χ3n) is 11.8. The van der Waals surface area contributed by atoms with Crippen molar-refractivity contribution in [3.8, 4) is 0 Å². The molecular weight excluding hydrogens is 727 g/mol. The highest BCUT2D eigenvalue weighted by atomic mass is 16.6. The number of quaternary nitrogens is 1. The van der Waals surface area contributed by atoms with Gasteiger partial charge in [0.25, 0.3) is 0 Å². The van der Waals surface area contributed by atoms with Crippen molar-refractivity contribution in [2.45, 2.75) is 277 Å². The van der Waals surface area contributed by atoms with Crippen molar-refractivity contribution in [2.75, 3.05) is 34.3 Å². The quantitative estimate of drug-likeness (QED) is 0.0265. The molecule has 0 amide bonds. The lowest BCUT2D eigenvalue weighted by Crippen LogP contribution is -2.45. The van der Waals surface area contributed by atoms with Gasteiger partial charge in [-0.3, -0.25) is 9.59 Å². The van der Waals surface area contributed by atoms with Crippen LogP contribution in [-0.2, 0) is 19.1 Å². The van der Waals surface area contributed by atoms with Crippen molar-refractivity contribution in [3.05, 3.63) is 24.3 Å². The van der Waals surface area contributed by atoms with Gasteiger partial charge in [-0.05, 0) is 64.2 Å². The number of hydrogen-bond donors (Lipinski definition) is 0. The van der Waals surface area contributed by atoms with Crippen LogP contribution >= 0.6 is 0 Å². The highest BCUT2D eigenvalue weighted by molar-refractivity contribution is 5.70. The van der Waals surface area contributed by atoms with Crippen molar-refractivity contribution in [1.82, 2.24) is 0 Å². The van der Waals surface area contributed by atoms with Crippen molar-refractivity contribution in [2.24, 2.45) is 0 Å². The van der Waals surface area contributed by atoms with Crippen molar-refractivity contribution in [3.63, 3.8) is 0 Å². The van der Waals surface area contributed by atoms with Crippen LogP contribution in [0.15, 0.2) is 24.3 Å². The van der Waals surface area contributed by atoms with E-state index in [1.807, 2.05) is 0 Å². The zero-order valence-electron chi connectivity index (χ0n) is 40.7. The van der Waals surface area contributed by atoms with Crippen LogP contribution in [0, 0.1) is 0 Å². The fourth-order valence-electron chi connectivity index (χ4n) is 8.04. The molecule has 0 heterocycles. The first-order valence-electron chi connectivity index (χ1n) is 26.2. The SMILES string of the molecule is CCCCCCCC/C=C\CCCCCCCCCCCCCC(=O)OC(COC(=O)CCCCCCCCCCCCC/C=C/CCCCCCCC)C[N+](C)(C)C. The van der Waals surface area contributed by atoms with E-state index in [4.69, 9.17) is 9.47 Å². The van der Waals surface area contributed by atoms with E-state index in [1.54, 1.807) is 0 Å². The van der Waals surface area contributed by atoms with Gasteiger partial charge in [0.05, 0.1) is 21.1 Å². The molecule has 0 aliphatic carbocycles. The van der Waals surface area contributed by atoms with Crippen LogP contribution in [0.3, 0.4) is 0 Å². The Labute approximate surface area is 369 Å². The third-order valence-corrected chi connectivity index (χ3v) is 11.8. The first-order chi connectivity index (χ1) is 28.8. The summed E-state index contributed by atoms with van der Waals surface area (Å²) in [5.41, 5.74) is 0. The third kappa shape index (κ3) is 48.9. The minimum Gasteiger partial charge on any atom is -0.461 e. The number of unbranched alkanes of at least 4 members (excludes halogenated alkanes) is 34. The minimum absolute atomic E-state index is 0.158. The topological polar surface area (TPSA) is 52.6 Å². The molecular formula is C54H104NO4+. The molecule has 0 N–H and O–H groups in total. The molecule has 0 bridgehead atoms. The van der Waals surface area contributed by atoms with Gasteiger partial charge in [-0.25, -0.2) is 0 Å². The molecule has 1 atom stereocenters. The molecule has 0 aliphatic rings. The number of rotatable bonds is 47. The summed E-state index contributed by atoms with van der Waals surface area (Å²) < 4.78 is 12.1. The summed E-state index contributed by atoms with van der Waals surface area (Å²) in [4.78, 5) is 25.2. The Balaban J connectivity index is 3.73. The van der Waals surface area contributed by atoms with Gasteiger partial charge >= 0.3 is 11.9 Å². The lowest BCUT2D eigenvalue weighted by Gasteiger charge is -2.28. The van der Waals surface area contributed by atoms with Gasteiger partial charge in [0.1, 0.15) is 13.2 Å². The van der Waals surface area contributed by atoms with Crippen LogP contribution in [0.2, 0.25) is 0 Å². The molecule has 5 heteroatoms. The zero-order valence-corrected chi connectivity index (χ0v) is 40.7. The Kier molecular flexibility index (Phi) is 44.6. The van der Waals surface area contributed by atoms with E-state index < -0.39 is 6.10 Å². The molecule has 0 spiro atoms. The lowest BCUT2D eigenvalue weighted by molar-refractivity contribution is -0.873. The Morgan fingerprint density at radius 3 is 0.966 bits per heavy atom. The fraction of sp³-hybridized carbons (Fsp3) is 0.889. The molecule has 0 rings (SSSR count). The van der Waals surface area contributed by atoms with Crippen molar-refractivity contribution >= 4 is 11.9 Å². The second-order valence-corrected chi connectivity index (χ2v) is 19.2. The van der Waals surface area contributed by atoms with E-state index in [0.29, 0.717) is 23.9 Å². The molecule has 0 aromatic carbocycles. The molecule has 59 heavy (non-hydrogen) atoms. The van der Waals surface area contributed by atoms with Gasteiger partial charge in [0.15, 0.2) is 6.10 Å². The molecule has 0 saturated carbocycles. The average molecular weight is 831 g/mol. The van der Waals surface area contributed by atoms with Crippen LogP contribution in [-0.4, -0.2) is 56.8 Å². The maximum Gasteiger partial charge on any atom is 0.306 e. The Morgan fingerprint density at radius 1 is 0.390 bits per heavy atom. The van der Waals surface area contributed by atoms with E-state index in [-0.39, 0.29) is 18.5 Å². The van der Waals surface area contributed by atoms with Gasteiger partial charge in [0, 0.05) is 12.8 Å². The van der Waals surface area contributed by atoms with Crippen LogP contribution in [0.5, 0.6) is 0 Å². The van der Waals surface area contributed by atoms with Crippen LogP contribution < -0.4 is 0 Å². The predicted molar refractivity (Wildman–Crippen MR) is 258 cm³/mol. The number of carbonyl (C=O) groups excluding carboxylic acids is 2. The van der Waals surface area contributed by atoms with E-state index in [9.17, 15) is 9.59 Å². The number of hydrogen-bond acceptors (Lipinski definition) is 4. The maximum absolute atomic E-state index is 12.7. The molecule has 1 unspecified atom stereocenters. The summed E-state index contributed by atoms with van der Waals surface area (Å²) in [6, 6.07) is 0. The van der Waals surface area contributed by atoms with E-state index in [2.05, 4.69) is 59.3 Å². The second-order valence-electron chi connectivity index (χ2n) is 19.2. The Bertz CT molecular complexity index is 937. The summed E-state index contributed by atoms with van der Waals surface area (Å²) >= 11 is 0. The molecule has 0 aromatic rings. The van der Waals surface area contributed by atoms with E-state index in [0.717, 1.165) is 25.7 Å². The minimum atomic E-state index is -0.394. The molecule has 348 valence electrons. The summed E-state index contributed by atoms with van der Waals surface area (Å²) in [6.07, 6.45) is 59.6. The summed E-state index contributed by atoms with van der Waals surface area (Å²) in [6.45, 7) is 5.36. The smallest absolute Gasteiger partial charge is 0.306 e. The molecule has 0 radical (unpaired) electrons. The van der Waals surface area contributed by atoms with Gasteiger partial charge < -0.3 is 14.0 Å². The summed E-state index contributed by atoms with van der Waals surface area (Å²) in [5, 5.41) is 0. The highest BCUT2D eigenvalue weighted by Gasteiger charge is 2.23.